The summed E-state index contributed by atoms with van der Waals surface area (Å²) < 4.78 is 0.740. The molecule has 4 nitrogen and oxygen atoms in total. The lowest BCUT2D eigenvalue weighted by Crippen LogP contribution is -2.24. The normalized spacial score (nSPS) is 9.85. The number of aromatic nitrogens is 3. The quantitative estimate of drug-likeness (QED) is 0.473. The molecule has 0 saturated carbocycles. The van der Waals surface area contributed by atoms with Crippen LogP contribution in [0.15, 0.2) is 43.1 Å². The first-order chi connectivity index (χ1) is 6.36. The lowest BCUT2D eigenvalue weighted by Gasteiger charge is -1.98. The average molecular weight is 173 g/mol. The Balaban J connectivity index is 2.48. The van der Waals surface area contributed by atoms with E-state index in [2.05, 4.69) is 9.97 Å². The van der Waals surface area contributed by atoms with Gasteiger partial charge in [-0.15, -0.1) is 0 Å². The second-order valence-corrected chi connectivity index (χ2v) is 2.54. The molecule has 0 aliphatic rings. The third-order valence-corrected chi connectivity index (χ3v) is 1.63. The monoisotopic (exact) mass is 173 g/mol. The van der Waals surface area contributed by atoms with E-state index in [0.29, 0.717) is 5.69 Å². The summed E-state index contributed by atoms with van der Waals surface area (Å²) in [6.07, 6.45) is 7.70. The predicted molar refractivity (Wildman–Crippen MR) is 46.4 cm³/mol. The van der Waals surface area contributed by atoms with Gasteiger partial charge in [-0.2, -0.15) is 4.73 Å². The number of rotatable bonds is 1. The highest BCUT2D eigenvalue weighted by Crippen LogP contribution is 2.11. The molecule has 0 atom stereocenters. The molecule has 0 saturated heterocycles. The SMILES string of the molecule is [O-][n+]1cccc(-c2cnccn2)c1. The lowest BCUT2D eigenvalue weighted by molar-refractivity contribution is -0.604. The molecule has 0 aliphatic carbocycles. The minimum Gasteiger partial charge on any atom is -0.619 e. The van der Waals surface area contributed by atoms with Crippen LogP contribution >= 0.6 is 0 Å². The maximum atomic E-state index is 10.9. The summed E-state index contributed by atoms with van der Waals surface area (Å²) >= 11 is 0. The Bertz CT molecular complexity index is 403. The van der Waals surface area contributed by atoms with Crippen LogP contribution in [0.5, 0.6) is 0 Å². The first-order valence-corrected chi connectivity index (χ1v) is 3.81. The van der Waals surface area contributed by atoms with Crippen molar-refractivity contribution in [1.29, 1.82) is 0 Å². The fourth-order valence-corrected chi connectivity index (χ4v) is 1.05. The summed E-state index contributed by atoms with van der Waals surface area (Å²) in [5, 5.41) is 10.9. The van der Waals surface area contributed by atoms with Crippen molar-refractivity contribution < 1.29 is 4.73 Å². The Morgan fingerprint density at radius 3 is 2.92 bits per heavy atom. The fraction of sp³-hybridized carbons (Fsp3) is 0. The molecule has 13 heavy (non-hydrogen) atoms. The molecule has 2 heterocycles. The Morgan fingerprint density at radius 2 is 2.23 bits per heavy atom. The Hall–Kier alpha value is -1.97. The van der Waals surface area contributed by atoms with E-state index in [1.54, 1.807) is 24.7 Å². The maximum absolute atomic E-state index is 10.9. The van der Waals surface area contributed by atoms with Crippen LogP contribution in [0.1, 0.15) is 0 Å². The van der Waals surface area contributed by atoms with Crippen molar-refractivity contribution in [3.63, 3.8) is 0 Å². The zero-order valence-electron chi connectivity index (χ0n) is 6.79. The zero-order chi connectivity index (χ0) is 9.10. The molecule has 0 radical (unpaired) electrons. The van der Waals surface area contributed by atoms with E-state index < -0.39 is 0 Å². The van der Waals surface area contributed by atoms with Gasteiger partial charge in [0.2, 0.25) is 0 Å². The molecule has 2 rings (SSSR count). The van der Waals surface area contributed by atoms with Crippen LogP contribution in [-0.2, 0) is 0 Å². The summed E-state index contributed by atoms with van der Waals surface area (Å²) in [7, 11) is 0. The molecule has 2 aromatic rings. The van der Waals surface area contributed by atoms with Gasteiger partial charge in [0.1, 0.15) is 0 Å². The van der Waals surface area contributed by atoms with Crippen LogP contribution in [0.4, 0.5) is 0 Å². The van der Waals surface area contributed by atoms with Crippen molar-refractivity contribution in [3.8, 4) is 11.3 Å². The second kappa shape index (κ2) is 3.18. The minimum atomic E-state index is 0.702. The molecule has 0 amide bonds. The third-order valence-electron chi connectivity index (χ3n) is 1.63. The smallest absolute Gasteiger partial charge is 0.189 e. The fourth-order valence-electron chi connectivity index (χ4n) is 1.05. The molecule has 64 valence electrons. The largest absolute Gasteiger partial charge is 0.619 e. The van der Waals surface area contributed by atoms with Crippen molar-refractivity contribution in [2.24, 2.45) is 0 Å². The van der Waals surface area contributed by atoms with Gasteiger partial charge in [-0.3, -0.25) is 9.97 Å². The summed E-state index contributed by atoms with van der Waals surface area (Å²) in [5.41, 5.74) is 1.47. The van der Waals surface area contributed by atoms with Crippen molar-refractivity contribution in [2.75, 3.05) is 0 Å². The van der Waals surface area contributed by atoms with Gasteiger partial charge in [-0.05, 0) is 6.07 Å². The van der Waals surface area contributed by atoms with E-state index in [4.69, 9.17) is 0 Å². The van der Waals surface area contributed by atoms with Crippen molar-refractivity contribution in [2.45, 2.75) is 0 Å². The van der Waals surface area contributed by atoms with Gasteiger partial charge in [0.25, 0.3) is 0 Å². The summed E-state index contributed by atoms with van der Waals surface area (Å²) in [5.74, 6) is 0. The predicted octanol–water partition coefficient (Wildman–Crippen LogP) is 0.777. The molecule has 4 heteroatoms. The highest BCUT2D eigenvalue weighted by atomic mass is 16.5. The highest BCUT2D eigenvalue weighted by molar-refractivity contribution is 5.54. The first kappa shape index (κ1) is 7.67. The van der Waals surface area contributed by atoms with Gasteiger partial charge in [0, 0.05) is 18.5 Å². The van der Waals surface area contributed by atoms with E-state index in [1.165, 1.54) is 12.4 Å². The van der Waals surface area contributed by atoms with Crippen LogP contribution in [0.2, 0.25) is 0 Å². The molecular weight excluding hydrogens is 166 g/mol. The van der Waals surface area contributed by atoms with Crippen LogP contribution in [-0.4, -0.2) is 9.97 Å². The molecule has 0 unspecified atom stereocenters. The van der Waals surface area contributed by atoms with Gasteiger partial charge in [-0.1, -0.05) is 0 Å². The number of pyridine rings is 1. The molecule has 2 aromatic heterocycles. The van der Waals surface area contributed by atoms with Crippen LogP contribution in [0, 0.1) is 5.21 Å². The molecule has 0 bridgehead atoms. The Kier molecular flexibility index (Phi) is 1.88. The van der Waals surface area contributed by atoms with Crippen molar-refractivity contribution in [1.82, 2.24) is 9.97 Å². The van der Waals surface area contributed by atoms with Gasteiger partial charge in [-0.25, -0.2) is 0 Å². The topological polar surface area (TPSA) is 52.7 Å². The number of hydrogen-bond acceptors (Lipinski definition) is 3. The Labute approximate surface area is 75.1 Å². The number of nitrogens with zero attached hydrogens (tertiary/aromatic N) is 3. The third kappa shape index (κ3) is 1.61. The standard InChI is InChI=1S/C9H7N3O/c13-12-5-1-2-8(7-12)9-6-10-3-4-11-9/h1-7H. The van der Waals surface area contributed by atoms with E-state index in [0.717, 1.165) is 10.3 Å². The number of hydrogen-bond donors (Lipinski definition) is 0. The van der Waals surface area contributed by atoms with Crippen LogP contribution in [0.25, 0.3) is 11.3 Å². The first-order valence-electron chi connectivity index (χ1n) is 3.81. The van der Waals surface area contributed by atoms with Gasteiger partial charge in [0.05, 0.1) is 17.5 Å². The zero-order valence-corrected chi connectivity index (χ0v) is 6.79. The Morgan fingerprint density at radius 1 is 1.31 bits per heavy atom. The lowest BCUT2D eigenvalue weighted by atomic mass is 10.2. The summed E-state index contributed by atoms with van der Waals surface area (Å²) in [6.45, 7) is 0. The van der Waals surface area contributed by atoms with E-state index in [1.807, 2.05) is 6.07 Å². The van der Waals surface area contributed by atoms with E-state index in [-0.39, 0.29) is 0 Å². The molecule has 0 aromatic carbocycles. The van der Waals surface area contributed by atoms with Crippen molar-refractivity contribution >= 4 is 0 Å². The van der Waals surface area contributed by atoms with Gasteiger partial charge >= 0.3 is 0 Å². The molecule has 0 N–H and O–H groups in total. The van der Waals surface area contributed by atoms with Crippen molar-refractivity contribution in [3.05, 3.63) is 48.3 Å². The van der Waals surface area contributed by atoms with E-state index in [9.17, 15) is 5.21 Å². The average Bonchev–Trinajstić information content (AvgIpc) is 2.19. The van der Waals surface area contributed by atoms with Gasteiger partial charge < -0.3 is 5.21 Å². The molecule has 0 aliphatic heterocycles. The molecule has 0 spiro atoms. The van der Waals surface area contributed by atoms with E-state index >= 15 is 0 Å². The maximum Gasteiger partial charge on any atom is 0.189 e. The van der Waals surface area contributed by atoms with Gasteiger partial charge in [0.15, 0.2) is 12.4 Å². The molecular formula is C9H7N3O. The summed E-state index contributed by atoms with van der Waals surface area (Å²) in [4.78, 5) is 7.99. The summed E-state index contributed by atoms with van der Waals surface area (Å²) in [6, 6.07) is 3.50. The minimum absolute atomic E-state index is 0.702. The second-order valence-electron chi connectivity index (χ2n) is 2.54. The molecule has 0 fully saturated rings. The van der Waals surface area contributed by atoms with Crippen LogP contribution in [0.3, 0.4) is 0 Å². The highest BCUT2D eigenvalue weighted by Gasteiger charge is 2.00. The van der Waals surface area contributed by atoms with Crippen LogP contribution < -0.4 is 4.73 Å².